The van der Waals surface area contributed by atoms with Gasteiger partial charge in [-0.05, 0) is 29.7 Å². The minimum atomic E-state index is 0. The third-order valence-corrected chi connectivity index (χ3v) is 1.67. The predicted molar refractivity (Wildman–Crippen MR) is 39.4 cm³/mol. The molecule has 0 fully saturated rings. The quantitative estimate of drug-likeness (QED) is 0.574. The Morgan fingerprint density at radius 3 is 2.00 bits per heavy atom. The Morgan fingerprint density at radius 1 is 1.20 bits per heavy atom. The van der Waals surface area contributed by atoms with Crippen molar-refractivity contribution >= 4 is 0 Å². The number of hydrogen-bond donors (Lipinski definition) is 0. The van der Waals surface area contributed by atoms with E-state index < -0.39 is 0 Å². The maximum atomic E-state index is 5.04. The first-order valence-electron chi connectivity index (χ1n) is 3.05. The lowest BCUT2D eigenvalue weighted by atomic mass is 9.93. The molecular formula is C8H10O2. The average Bonchev–Trinajstić information content (AvgIpc) is 1.87. The van der Waals surface area contributed by atoms with Crippen molar-refractivity contribution in [3.63, 3.8) is 0 Å². The van der Waals surface area contributed by atoms with Gasteiger partial charge in [-0.25, -0.2) is 0 Å². The van der Waals surface area contributed by atoms with E-state index in [0.29, 0.717) is 0 Å². The van der Waals surface area contributed by atoms with Gasteiger partial charge in [0, 0.05) is 0 Å². The van der Waals surface area contributed by atoms with Crippen molar-refractivity contribution in [2.45, 2.75) is 6.42 Å². The summed E-state index contributed by atoms with van der Waals surface area (Å²) < 4.78 is 5.04. The summed E-state index contributed by atoms with van der Waals surface area (Å²) in [6.45, 7) is 0. The number of benzene rings is 1. The van der Waals surface area contributed by atoms with E-state index in [1.807, 2.05) is 0 Å². The summed E-state index contributed by atoms with van der Waals surface area (Å²) in [5, 5.41) is 0. The second kappa shape index (κ2) is 2.31. The molecule has 3 rings (SSSR count). The third kappa shape index (κ3) is 0.866. The molecule has 0 atom stereocenters. The first-order chi connectivity index (χ1) is 4.38. The van der Waals surface area contributed by atoms with E-state index in [9.17, 15) is 0 Å². The highest BCUT2D eigenvalue weighted by molar-refractivity contribution is 5.44. The van der Waals surface area contributed by atoms with Crippen molar-refractivity contribution in [3.05, 3.63) is 29.3 Å². The first kappa shape index (κ1) is 7.09. The standard InChI is InChI=1S/C8H8O.H2O/c1-9-8-4-6-2-7(3-6)5-8;/h2,4-5H,3H2,1H3;1H2. The molecule has 0 aromatic heterocycles. The largest absolute Gasteiger partial charge is 0.497 e. The molecule has 2 nitrogen and oxygen atoms in total. The van der Waals surface area contributed by atoms with Gasteiger partial charge in [-0.1, -0.05) is 6.07 Å². The second-order valence-corrected chi connectivity index (χ2v) is 2.37. The van der Waals surface area contributed by atoms with E-state index in [2.05, 4.69) is 18.2 Å². The van der Waals surface area contributed by atoms with Crippen LogP contribution in [-0.4, -0.2) is 12.6 Å². The smallest absolute Gasteiger partial charge is 0.119 e. The number of methoxy groups -OCH3 is 1. The predicted octanol–water partition coefficient (Wildman–Crippen LogP) is 0.775. The van der Waals surface area contributed by atoms with E-state index in [4.69, 9.17) is 4.74 Å². The average molecular weight is 138 g/mol. The van der Waals surface area contributed by atoms with Gasteiger partial charge in [-0.3, -0.25) is 0 Å². The number of fused-ring (bicyclic) bond motifs is 2. The third-order valence-electron chi connectivity index (χ3n) is 1.67. The summed E-state index contributed by atoms with van der Waals surface area (Å²) >= 11 is 0. The molecule has 0 heterocycles. The zero-order valence-electron chi connectivity index (χ0n) is 5.85. The van der Waals surface area contributed by atoms with Crippen LogP contribution in [0.4, 0.5) is 0 Å². The van der Waals surface area contributed by atoms with Gasteiger partial charge in [0.1, 0.15) is 5.75 Å². The zero-order valence-corrected chi connectivity index (χ0v) is 5.85. The van der Waals surface area contributed by atoms with Crippen LogP contribution in [-0.2, 0) is 6.42 Å². The zero-order chi connectivity index (χ0) is 6.27. The summed E-state index contributed by atoms with van der Waals surface area (Å²) in [5.74, 6) is 0.994. The summed E-state index contributed by atoms with van der Waals surface area (Å²) in [5.41, 5.74) is 2.79. The molecule has 0 radical (unpaired) electrons. The van der Waals surface area contributed by atoms with Crippen molar-refractivity contribution < 1.29 is 10.2 Å². The summed E-state index contributed by atoms with van der Waals surface area (Å²) in [4.78, 5) is 0. The molecule has 2 aliphatic rings. The van der Waals surface area contributed by atoms with Gasteiger partial charge in [-0.15, -0.1) is 0 Å². The molecule has 2 heteroatoms. The van der Waals surface area contributed by atoms with Crippen LogP contribution in [0, 0.1) is 0 Å². The van der Waals surface area contributed by atoms with Crippen LogP contribution >= 0.6 is 0 Å². The molecule has 0 unspecified atom stereocenters. The van der Waals surface area contributed by atoms with Gasteiger partial charge in [0.2, 0.25) is 0 Å². The van der Waals surface area contributed by atoms with Crippen molar-refractivity contribution in [2.24, 2.45) is 0 Å². The van der Waals surface area contributed by atoms with E-state index in [1.165, 1.54) is 11.1 Å². The fourth-order valence-electron chi connectivity index (χ4n) is 1.16. The fourth-order valence-corrected chi connectivity index (χ4v) is 1.16. The second-order valence-electron chi connectivity index (χ2n) is 2.37. The minimum Gasteiger partial charge on any atom is -0.497 e. The van der Waals surface area contributed by atoms with Crippen LogP contribution < -0.4 is 4.74 Å². The summed E-state index contributed by atoms with van der Waals surface area (Å²) in [7, 11) is 1.70. The highest BCUT2D eigenvalue weighted by Gasteiger charge is 2.09. The van der Waals surface area contributed by atoms with Crippen molar-refractivity contribution in [2.75, 3.05) is 7.11 Å². The summed E-state index contributed by atoms with van der Waals surface area (Å²) in [6, 6.07) is 6.34. The van der Waals surface area contributed by atoms with Crippen LogP contribution in [0.25, 0.3) is 0 Å². The van der Waals surface area contributed by atoms with Crippen LogP contribution in [0.2, 0.25) is 0 Å². The molecule has 2 aliphatic carbocycles. The molecule has 1 aromatic carbocycles. The fraction of sp³-hybridized carbons (Fsp3) is 0.250. The van der Waals surface area contributed by atoms with Crippen molar-refractivity contribution in [3.8, 4) is 5.75 Å². The maximum Gasteiger partial charge on any atom is 0.119 e. The maximum absolute atomic E-state index is 5.04. The Bertz CT molecular complexity index is 223. The van der Waals surface area contributed by atoms with Crippen LogP contribution in [0.3, 0.4) is 0 Å². The molecule has 2 bridgehead atoms. The number of rotatable bonds is 1. The molecule has 10 heavy (non-hydrogen) atoms. The monoisotopic (exact) mass is 138 g/mol. The highest BCUT2D eigenvalue weighted by Crippen LogP contribution is 2.27. The van der Waals surface area contributed by atoms with Crippen LogP contribution in [0.15, 0.2) is 18.2 Å². The lowest BCUT2D eigenvalue weighted by Crippen LogP contribution is -2.01. The first-order valence-corrected chi connectivity index (χ1v) is 3.05. The molecule has 54 valence electrons. The van der Waals surface area contributed by atoms with Gasteiger partial charge < -0.3 is 10.2 Å². The van der Waals surface area contributed by atoms with Crippen LogP contribution in [0.5, 0.6) is 5.75 Å². The Hall–Kier alpha value is -1.02. The molecule has 0 saturated heterocycles. The van der Waals surface area contributed by atoms with E-state index in [0.717, 1.165) is 12.2 Å². The van der Waals surface area contributed by atoms with Crippen molar-refractivity contribution in [1.29, 1.82) is 0 Å². The van der Waals surface area contributed by atoms with Crippen LogP contribution in [0.1, 0.15) is 11.1 Å². The summed E-state index contributed by atoms with van der Waals surface area (Å²) in [6.07, 6.45) is 1.15. The highest BCUT2D eigenvalue weighted by atomic mass is 16.5. The molecule has 0 spiro atoms. The molecule has 0 amide bonds. The Morgan fingerprint density at radius 2 is 1.70 bits per heavy atom. The van der Waals surface area contributed by atoms with Gasteiger partial charge in [0.25, 0.3) is 0 Å². The van der Waals surface area contributed by atoms with Crippen molar-refractivity contribution in [1.82, 2.24) is 0 Å². The lowest BCUT2D eigenvalue weighted by Gasteiger charge is -2.15. The Labute approximate surface area is 59.7 Å². The van der Waals surface area contributed by atoms with Gasteiger partial charge in [0.05, 0.1) is 7.11 Å². The normalized spacial score (nSPS) is 11.3. The SMILES string of the molecule is COc1cc2cc(c1)C2.O. The van der Waals surface area contributed by atoms with E-state index in [1.54, 1.807) is 7.11 Å². The molecule has 0 saturated carbocycles. The topological polar surface area (TPSA) is 40.7 Å². The molecule has 2 N–H and O–H groups in total. The van der Waals surface area contributed by atoms with Gasteiger partial charge in [0.15, 0.2) is 0 Å². The van der Waals surface area contributed by atoms with Gasteiger partial charge >= 0.3 is 0 Å². The van der Waals surface area contributed by atoms with E-state index in [-0.39, 0.29) is 5.48 Å². The molecule has 1 aromatic rings. The lowest BCUT2D eigenvalue weighted by molar-refractivity contribution is 0.412. The Kier molecular flexibility index (Phi) is 1.64. The Balaban J connectivity index is 0.000000500. The van der Waals surface area contributed by atoms with Gasteiger partial charge in [-0.2, -0.15) is 0 Å². The molecular weight excluding hydrogens is 128 g/mol. The molecule has 0 aliphatic heterocycles. The van der Waals surface area contributed by atoms with E-state index >= 15 is 0 Å². The number of ether oxygens (including phenoxy) is 1. The number of hydrogen-bond acceptors (Lipinski definition) is 1. The minimum absolute atomic E-state index is 0.